The van der Waals surface area contributed by atoms with Gasteiger partial charge in [-0.25, -0.2) is 4.98 Å². The fourth-order valence-electron chi connectivity index (χ4n) is 8.72. The molecule has 5 nitrogen and oxygen atoms in total. The number of hydrogen-bond acceptors (Lipinski definition) is 3. The standard InChI is InChI=1S/C48H48N4O.Pt/c1-29(2)47-46(45-33(7)22-31(5)23-34(45)8)48(30(3)4)52(50-47)37-24-32(6)25-39(27-37)53-38-18-19-41-40-16-12-13-17-42(40)51(43(41)28-38)44-26-36(20-21-49-44)35-14-10-9-11-15-35;/h9-22,24-26,29-31,34,45H,23H2,1-8H3;/q-2;+2/t31-,34-,45?;/m0./s1. The van der Waals surface area contributed by atoms with Gasteiger partial charge in [-0.2, -0.15) is 16.7 Å². The average molecular weight is 892 g/mol. The molecule has 0 fully saturated rings. The average Bonchev–Trinajstić information content (AvgIpc) is 3.68. The van der Waals surface area contributed by atoms with Crippen LogP contribution in [0.25, 0.3) is 44.4 Å². The van der Waals surface area contributed by atoms with Crippen LogP contribution in [-0.4, -0.2) is 19.3 Å². The maximum atomic E-state index is 6.66. The largest absolute Gasteiger partial charge is 2.00 e. The van der Waals surface area contributed by atoms with Crippen LogP contribution in [0.4, 0.5) is 0 Å². The first-order valence-corrected chi connectivity index (χ1v) is 19.1. The zero-order chi connectivity index (χ0) is 37.0. The van der Waals surface area contributed by atoms with Crippen LogP contribution >= 0.6 is 0 Å². The van der Waals surface area contributed by atoms with Gasteiger partial charge in [-0.1, -0.05) is 114 Å². The van der Waals surface area contributed by atoms with Crippen LogP contribution in [0.15, 0.2) is 109 Å². The number of aryl methyl sites for hydroxylation is 1. The second-order valence-corrected chi connectivity index (χ2v) is 15.7. The summed E-state index contributed by atoms with van der Waals surface area (Å²) in [4.78, 5) is 4.85. The molecule has 3 heterocycles. The topological polar surface area (TPSA) is 44.9 Å². The number of pyridine rings is 1. The third-order valence-electron chi connectivity index (χ3n) is 10.8. The van der Waals surface area contributed by atoms with Crippen molar-refractivity contribution in [3.8, 4) is 34.1 Å². The molecule has 7 aromatic rings. The van der Waals surface area contributed by atoms with E-state index in [1.165, 1.54) is 28.9 Å². The van der Waals surface area contributed by atoms with E-state index in [2.05, 4.69) is 156 Å². The summed E-state index contributed by atoms with van der Waals surface area (Å²) in [7, 11) is 0. The van der Waals surface area contributed by atoms with Crippen molar-refractivity contribution in [3.05, 3.63) is 143 Å². The molecule has 1 aliphatic carbocycles. The van der Waals surface area contributed by atoms with E-state index >= 15 is 0 Å². The van der Waals surface area contributed by atoms with Crippen LogP contribution in [0, 0.1) is 30.9 Å². The summed E-state index contributed by atoms with van der Waals surface area (Å²) in [5.74, 6) is 4.14. The van der Waals surface area contributed by atoms with Crippen molar-refractivity contribution in [1.82, 2.24) is 19.3 Å². The molecule has 1 unspecified atom stereocenters. The minimum absolute atomic E-state index is 0. The van der Waals surface area contributed by atoms with Crippen molar-refractivity contribution in [3.63, 3.8) is 0 Å². The maximum absolute atomic E-state index is 6.66. The number of para-hydroxylation sites is 1. The van der Waals surface area contributed by atoms with Crippen molar-refractivity contribution >= 4 is 21.8 Å². The Morgan fingerprint density at radius 1 is 0.778 bits per heavy atom. The molecule has 0 spiro atoms. The first-order valence-electron chi connectivity index (χ1n) is 19.1. The van der Waals surface area contributed by atoms with E-state index in [1.807, 2.05) is 24.4 Å². The minimum Gasteiger partial charge on any atom is -0.509 e. The quantitative estimate of drug-likeness (QED) is 0.113. The second kappa shape index (κ2) is 15.2. The molecule has 0 radical (unpaired) electrons. The smallest absolute Gasteiger partial charge is 0.509 e. The second-order valence-electron chi connectivity index (χ2n) is 15.7. The van der Waals surface area contributed by atoms with Crippen molar-refractivity contribution in [2.75, 3.05) is 0 Å². The van der Waals surface area contributed by atoms with Gasteiger partial charge < -0.3 is 9.30 Å². The van der Waals surface area contributed by atoms with Crippen LogP contribution in [0.5, 0.6) is 11.5 Å². The van der Waals surface area contributed by atoms with Crippen LogP contribution in [0.3, 0.4) is 0 Å². The molecular weight excluding hydrogens is 844 g/mol. The predicted octanol–water partition coefficient (Wildman–Crippen LogP) is 12.7. The number of aromatic nitrogens is 4. The van der Waals surface area contributed by atoms with Crippen molar-refractivity contribution in [2.24, 2.45) is 11.8 Å². The zero-order valence-corrected chi connectivity index (χ0v) is 34.7. The van der Waals surface area contributed by atoms with E-state index in [-0.39, 0.29) is 27.0 Å². The maximum Gasteiger partial charge on any atom is 2.00 e. The van der Waals surface area contributed by atoms with E-state index in [4.69, 9.17) is 14.8 Å². The first-order chi connectivity index (χ1) is 25.6. The fourth-order valence-corrected chi connectivity index (χ4v) is 8.72. The number of benzene rings is 4. The summed E-state index contributed by atoms with van der Waals surface area (Å²) < 4.78 is 11.0. The van der Waals surface area contributed by atoms with Gasteiger partial charge in [0.2, 0.25) is 0 Å². The Labute approximate surface area is 334 Å². The van der Waals surface area contributed by atoms with E-state index in [1.54, 1.807) is 0 Å². The zero-order valence-electron chi connectivity index (χ0n) is 32.4. The molecule has 6 heteroatoms. The number of nitrogens with zero attached hydrogens (tertiary/aromatic N) is 4. The fraction of sp³-hybridized carbons (Fsp3) is 0.292. The molecule has 0 N–H and O–H groups in total. The van der Waals surface area contributed by atoms with Gasteiger partial charge in [0, 0.05) is 40.4 Å². The first kappa shape index (κ1) is 37.6. The molecule has 0 amide bonds. The van der Waals surface area contributed by atoms with Gasteiger partial charge >= 0.3 is 21.1 Å². The van der Waals surface area contributed by atoms with Crippen LogP contribution in [0.2, 0.25) is 0 Å². The summed E-state index contributed by atoms with van der Waals surface area (Å²) in [6, 6.07) is 38.7. The van der Waals surface area contributed by atoms with E-state index in [0.29, 0.717) is 35.2 Å². The molecule has 0 saturated heterocycles. The Bertz CT molecular complexity index is 2490. The molecular formula is C48H48N4OPt. The third kappa shape index (κ3) is 6.88. The Morgan fingerprint density at radius 2 is 1.54 bits per heavy atom. The van der Waals surface area contributed by atoms with Crippen LogP contribution in [0.1, 0.15) is 95.2 Å². The molecule has 0 bridgehead atoms. The van der Waals surface area contributed by atoms with Gasteiger partial charge in [-0.15, -0.1) is 35.7 Å². The van der Waals surface area contributed by atoms with Crippen molar-refractivity contribution in [2.45, 2.75) is 79.6 Å². The Morgan fingerprint density at radius 3 is 2.28 bits per heavy atom. The number of ether oxygens (including phenoxy) is 1. The van der Waals surface area contributed by atoms with E-state index in [9.17, 15) is 0 Å². The Kier molecular flexibility index (Phi) is 10.6. The summed E-state index contributed by atoms with van der Waals surface area (Å²) in [5.41, 5.74) is 11.5. The van der Waals surface area contributed by atoms with Gasteiger partial charge in [0.05, 0.1) is 5.69 Å². The van der Waals surface area contributed by atoms with E-state index < -0.39 is 0 Å². The summed E-state index contributed by atoms with van der Waals surface area (Å²) in [6.07, 6.45) is 5.54. The van der Waals surface area contributed by atoms with E-state index in [0.717, 1.165) is 50.0 Å². The van der Waals surface area contributed by atoms with Gasteiger partial charge in [0.1, 0.15) is 5.82 Å². The molecule has 54 heavy (non-hydrogen) atoms. The van der Waals surface area contributed by atoms with Gasteiger partial charge in [0.15, 0.2) is 0 Å². The Hall–Kier alpha value is -4.73. The molecule has 276 valence electrons. The molecule has 0 aliphatic heterocycles. The number of rotatable bonds is 8. The van der Waals surface area contributed by atoms with Crippen LogP contribution < -0.4 is 4.74 Å². The molecule has 0 saturated carbocycles. The molecule has 8 rings (SSSR count). The van der Waals surface area contributed by atoms with Gasteiger partial charge in [0.25, 0.3) is 0 Å². The monoisotopic (exact) mass is 891 g/mol. The van der Waals surface area contributed by atoms with Crippen LogP contribution in [-0.2, 0) is 21.1 Å². The normalized spacial score (nSPS) is 17.3. The summed E-state index contributed by atoms with van der Waals surface area (Å²) in [5, 5.41) is 7.61. The number of hydrogen-bond donors (Lipinski definition) is 0. The molecule has 3 atom stereocenters. The van der Waals surface area contributed by atoms with Gasteiger partial charge in [-0.3, -0.25) is 4.68 Å². The molecule has 1 aliphatic rings. The van der Waals surface area contributed by atoms with Gasteiger partial charge in [-0.05, 0) is 77.4 Å². The Balaban J connectivity index is 0.00000450. The minimum atomic E-state index is 0. The predicted molar refractivity (Wildman–Crippen MR) is 218 cm³/mol. The number of allylic oxidation sites excluding steroid dienone is 2. The summed E-state index contributed by atoms with van der Waals surface area (Å²) in [6.45, 7) is 18.3. The third-order valence-corrected chi connectivity index (χ3v) is 10.8. The SMILES string of the molecule is CC1=C[C@H](C)C[C@H](C)C1c1c(C(C)C)nn(-c2[c-]c(Oc3[c-]c4c(cc3)c3ccccc3n4-c3cc(-c4ccccc4)ccn3)cc(C)c2)c1C(C)C.[Pt+2]. The van der Waals surface area contributed by atoms with Crippen molar-refractivity contribution in [1.29, 1.82) is 0 Å². The molecule has 4 aromatic carbocycles. The number of fused-ring (bicyclic) bond motifs is 3. The van der Waals surface area contributed by atoms with Crippen molar-refractivity contribution < 1.29 is 25.8 Å². The molecule has 3 aromatic heterocycles. The summed E-state index contributed by atoms with van der Waals surface area (Å²) >= 11 is 0.